The highest BCUT2D eigenvalue weighted by Gasteiger charge is 2.40. The average Bonchev–Trinajstić information content (AvgIpc) is 2.88. The Morgan fingerprint density at radius 3 is 3.00 bits per heavy atom. The maximum Gasteiger partial charge on any atom is 0.310 e. The zero-order valence-corrected chi connectivity index (χ0v) is 9.71. The second-order valence-electron chi connectivity index (χ2n) is 5.04. The van der Waals surface area contributed by atoms with Gasteiger partial charge in [0.05, 0.1) is 11.5 Å². The number of carboxylic acids is 1. The van der Waals surface area contributed by atoms with Gasteiger partial charge in [-0.1, -0.05) is 0 Å². The molecule has 0 radical (unpaired) electrons. The molecule has 0 aromatic heterocycles. The molecular formula is C12H21NO3. The van der Waals surface area contributed by atoms with Crippen LogP contribution >= 0.6 is 0 Å². The highest BCUT2D eigenvalue weighted by molar-refractivity contribution is 5.75. The van der Waals surface area contributed by atoms with Crippen LogP contribution in [0.15, 0.2) is 0 Å². The Kier molecular flexibility index (Phi) is 3.82. The molecule has 2 rings (SSSR count). The van der Waals surface area contributed by atoms with Gasteiger partial charge in [-0.3, -0.25) is 4.79 Å². The molecule has 2 N–H and O–H groups in total. The van der Waals surface area contributed by atoms with Crippen molar-refractivity contribution in [1.82, 2.24) is 5.32 Å². The molecule has 16 heavy (non-hydrogen) atoms. The Balaban J connectivity index is 1.76. The van der Waals surface area contributed by atoms with Gasteiger partial charge >= 0.3 is 5.97 Å². The van der Waals surface area contributed by atoms with E-state index >= 15 is 0 Å². The van der Waals surface area contributed by atoms with Crippen LogP contribution in [0.5, 0.6) is 0 Å². The summed E-state index contributed by atoms with van der Waals surface area (Å²) in [5.41, 5.74) is -0.501. The van der Waals surface area contributed by atoms with Crippen LogP contribution in [-0.2, 0) is 9.53 Å². The van der Waals surface area contributed by atoms with Gasteiger partial charge in [0.15, 0.2) is 0 Å². The number of hydrogen-bond donors (Lipinski definition) is 2. The summed E-state index contributed by atoms with van der Waals surface area (Å²) in [6.45, 7) is 2.36. The largest absolute Gasteiger partial charge is 0.481 e. The second-order valence-corrected chi connectivity index (χ2v) is 5.04. The molecule has 2 fully saturated rings. The lowest BCUT2D eigenvalue weighted by Gasteiger charge is -2.23. The minimum Gasteiger partial charge on any atom is -0.481 e. The van der Waals surface area contributed by atoms with Crippen LogP contribution in [0.3, 0.4) is 0 Å². The first-order valence-electron chi connectivity index (χ1n) is 6.29. The van der Waals surface area contributed by atoms with Gasteiger partial charge in [-0.15, -0.1) is 0 Å². The van der Waals surface area contributed by atoms with Crippen LogP contribution in [0.25, 0.3) is 0 Å². The second kappa shape index (κ2) is 5.15. The van der Waals surface area contributed by atoms with E-state index in [0.29, 0.717) is 12.6 Å². The van der Waals surface area contributed by atoms with Gasteiger partial charge < -0.3 is 15.2 Å². The molecule has 2 unspecified atom stereocenters. The van der Waals surface area contributed by atoms with Gasteiger partial charge in [-0.05, 0) is 45.1 Å². The molecule has 0 bridgehead atoms. The van der Waals surface area contributed by atoms with E-state index in [9.17, 15) is 9.90 Å². The van der Waals surface area contributed by atoms with Crippen molar-refractivity contribution < 1.29 is 14.6 Å². The highest BCUT2D eigenvalue weighted by atomic mass is 16.5. The number of carboxylic acid groups (broad SMARTS) is 1. The summed E-state index contributed by atoms with van der Waals surface area (Å²) in [6.07, 6.45) is 6.26. The van der Waals surface area contributed by atoms with Crippen LogP contribution < -0.4 is 5.32 Å². The Hall–Kier alpha value is -0.610. The first-order valence-corrected chi connectivity index (χ1v) is 6.29. The van der Waals surface area contributed by atoms with Gasteiger partial charge in [0.2, 0.25) is 0 Å². The number of rotatable bonds is 5. The third-order valence-corrected chi connectivity index (χ3v) is 3.90. The summed E-state index contributed by atoms with van der Waals surface area (Å²) in [4.78, 5) is 11.3. The van der Waals surface area contributed by atoms with Gasteiger partial charge in [-0.2, -0.15) is 0 Å². The van der Waals surface area contributed by atoms with Gasteiger partial charge in [0, 0.05) is 13.2 Å². The molecule has 4 nitrogen and oxygen atoms in total. The zero-order valence-electron chi connectivity index (χ0n) is 9.71. The minimum atomic E-state index is -0.634. The summed E-state index contributed by atoms with van der Waals surface area (Å²) in [5.74, 6) is -0.634. The van der Waals surface area contributed by atoms with Crippen molar-refractivity contribution in [3.8, 4) is 0 Å². The van der Waals surface area contributed by atoms with Gasteiger partial charge in [-0.25, -0.2) is 0 Å². The summed E-state index contributed by atoms with van der Waals surface area (Å²) in [5, 5.41) is 12.4. The van der Waals surface area contributed by atoms with Crippen molar-refractivity contribution in [3.05, 3.63) is 0 Å². The van der Waals surface area contributed by atoms with Crippen molar-refractivity contribution in [2.24, 2.45) is 5.41 Å². The molecular weight excluding hydrogens is 206 g/mol. The van der Waals surface area contributed by atoms with Crippen molar-refractivity contribution in [1.29, 1.82) is 0 Å². The quantitative estimate of drug-likeness (QED) is 0.745. The standard InChI is InChI=1S/C12H21NO3/c14-11(15)12(6-7-13-9-12)5-1-3-10-4-2-8-16-10/h10,13H,1-9H2,(H,14,15). The summed E-state index contributed by atoms with van der Waals surface area (Å²) >= 11 is 0. The molecule has 0 aromatic carbocycles. The van der Waals surface area contributed by atoms with Crippen molar-refractivity contribution in [2.75, 3.05) is 19.7 Å². The molecule has 0 aromatic rings. The topological polar surface area (TPSA) is 58.6 Å². The Labute approximate surface area is 96.4 Å². The average molecular weight is 227 g/mol. The molecule has 2 atom stereocenters. The van der Waals surface area contributed by atoms with E-state index in [2.05, 4.69) is 5.32 Å². The lowest BCUT2D eigenvalue weighted by molar-refractivity contribution is -0.148. The number of aliphatic carboxylic acids is 1. The van der Waals surface area contributed by atoms with Crippen molar-refractivity contribution in [2.45, 2.75) is 44.6 Å². The summed E-state index contributed by atoms with van der Waals surface area (Å²) in [6, 6.07) is 0. The fourth-order valence-electron chi connectivity index (χ4n) is 2.79. The van der Waals surface area contributed by atoms with E-state index in [-0.39, 0.29) is 0 Å². The zero-order chi connectivity index (χ0) is 11.4. The predicted octanol–water partition coefficient (Wildman–Crippen LogP) is 1.40. The lowest BCUT2D eigenvalue weighted by Crippen LogP contribution is -2.33. The fourth-order valence-corrected chi connectivity index (χ4v) is 2.79. The van der Waals surface area contributed by atoms with E-state index in [0.717, 1.165) is 51.7 Å². The number of carbonyl (C=O) groups is 1. The molecule has 2 aliphatic rings. The molecule has 92 valence electrons. The normalized spacial score (nSPS) is 34.4. The third kappa shape index (κ3) is 2.55. The summed E-state index contributed by atoms with van der Waals surface area (Å²) < 4.78 is 5.55. The van der Waals surface area contributed by atoms with Crippen LogP contribution in [0, 0.1) is 5.41 Å². The number of hydrogen-bond acceptors (Lipinski definition) is 3. The van der Waals surface area contributed by atoms with Crippen molar-refractivity contribution >= 4 is 5.97 Å². The van der Waals surface area contributed by atoms with Gasteiger partial charge in [0.25, 0.3) is 0 Å². The first-order chi connectivity index (χ1) is 7.73. The molecule has 2 saturated heterocycles. The van der Waals surface area contributed by atoms with Crippen LogP contribution in [0.4, 0.5) is 0 Å². The van der Waals surface area contributed by atoms with Crippen LogP contribution in [0.1, 0.15) is 38.5 Å². The van der Waals surface area contributed by atoms with Crippen LogP contribution in [-0.4, -0.2) is 36.9 Å². The van der Waals surface area contributed by atoms with E-state index in [1.54, 1.807) is 0 Å². The lowest BCUT2D eigenvalue weighted by atomic mass is 9.81. The maximum absolute atomic E-state index is 11.3. The minimum absolute atomic E-state index is 0.389. The Bertz CT molecular complexity index is 243. The third-order valence-electron chi connectivity index (χ3n) is 3.90. The van der Waals surface area contributed by atoms with Crippen molar-refractivity contribution in [3.63, 3.8) is 0 Å². The molecule has 0 saturated carbocycles. The first kappa shape index (κ1) is 11.9. The number of ether oxygens (including phenoxy) is 1. The van der Waals surface area contributed by atoms with E-state index in [4.69, 9.17) is 4.74 Å². The van der Waals surface area contributed by atoms with Crippen LogP contribution in [0.2, 0.25) is 0 Å². The Morgan fingerprint density at radius 2 is 2.44 bits per heavy atom. The monoisotopic (exact) mass is 227 g/mol. The molecule has 0 aliphatic carbocycles. The molecule has 2 aliphatic heterocycles. The fraction of sp³-hybridized carbons (Fsp3) is 0.917. The Morgan fingerprint density at radius 1 is 1.56 bits per heavy atom. The molecule has 2 heterocycles. The number of nitrogens with one attached hydrogen (secondary N) is 1. The maximum atomic E-state index is 11.3. The SMILES string of the molecule is O=C(O)C1(CCCC2CCCO2)CCNC1. The van der Waals surface area contributed by atoms with E-state index in [1.165, 1.54) is 0 Å². The summed E-state index contributed by atoms with van der Waals surface area (Å²) in [7, 11) is 0. The van der Waals surface area contributed by atoms with E-state index in [1.807, 2.05) is 0 Å². The molecule has 0 spiro atoms. The predicted molar refractivity (Wildman–Crippen MR) is 60.4 cm³/mol. The van der Waals surface area contributed by atoms with Gasteiger partial charge in [0.1, 0.15) is 0 Å². The smallest absolute Gasteiger partial charge is 0.310 e. The molecule has 4 heteroatoms. The highest BCUT2D eigenvalue weighted by Crippen LogP contribution is 2.33. The molecule has 0 amide bonds. The van der Waals surface area contributed by atoms with E-state index < -0.39 is 11.4 Å².